The van der Waals surface area contributed by atoms with Gasteiger partial charge in [0.1, 0.15) is 12.7 Å². The molecule has 0 saturated carbocycles. The lowest BCUT2D eigenvalue weighted by Crippen LogP contribution is -2.45. The average molecular weight is 270 g/mol. The van der Waals surface area contributed by atoms with E-state index < -0.39 is 16.4 Å². The number of nitro groups is 1. The zero-order valence-electron chi connectivity index (χ0n) is 10.5. The van der Waals surface area contributed by atoms with Crippen LogP contribution in [0.2, 0.25) is 0 Å². The number of halogens is 1. The van der Waals surface area contributed by atoms with Crippen molar-refractivity contribution in [2.75, 3.05) is 19.7 Å². The lowest BCUT2D eigenvalue weighted by atomic mass is 10.2. The highest BCUT2D eigenvalue weighted by Crippen LogP contribution is 2.29. The molecule has 0 amide bonds. The van der Waals surface area contributed by atoms with E-state index in [0.717, 1.165) is 12.6 Å². The molecule has 1 fully saturated rings. The van der Waals surface area contributed by atoms with Gasteiger partial charge in [-0.2, -0.15) is 4.39 Å². The molecule has 2 unspecified atom stereocenters. The number of nitrogens with one attached hydrogen (secondary N) is 1. The Morgan fingerprint density at radius 2 is 2.37 bits per heavy atom. The lowest BCUT2D eigenvalue weighted by Gasteiger charge is -2.28. The van der Waals surface area contributed by atoms with Crippen LogP contribution in [0.25, 0.3) is 0 Å². The molecule has 1 saturated heterocycles. The summed E-state index contributed by atoms with van der Waals surface area (Å²) in [5.41, 5.74) is -0.640. The Kier molecular flexibility index (Phi) is 4.28. The first-order valence-electron chi connectivity index (χ1n) is 6.00. The van der Waals surface area contributed by atoms with Gasteiger partial charge in [0.2, 0.25) is 5.82 Å². The van der Waals surface area contributed by atoms with Crippen molar-refractivity contribution < 1.29 is 18.8 Å². The van der Waals surface area contributed by atoms with Crippen molar-refractivity contribution in [2.45, 2.75) is 19.1 Å². The van der Waals surface area contributed by atoms with Crippen LogP contribution in [0, 0.1) is 15.9 Å². The first kappa shape index (κ1) is 13.7. The normalized spacial score (nSPS) is 23.1. The van der Waals surface area contributed by atoms with Crippen molar-refractivity contribution in [2.24, 2.45) is 0 Å². The molecule has 0 spiro atoms. The molecule has 1 aliphatic rings. The van der Waals surface area contributed by atoms with E-state index in [4.69, 9.17) is 9.47 Å². The van der Waals surface area contributed by atoms with Crippen molar-refractivity contribution in [1.29, 1.82) is 0 Å². The van der Waals surface area contributed by atoms with Crippen molar-refractivity contribution >= 4 is 5.69 Å². The van der Waals surface area contributed by atoms with Crippen molar-refractivity contribution in [3.63, 3.8) is 0 Å². The summed E-state index contributed by atoms with van der Waals surface area (Å²) in [6, 6.07) is 3.78. The Morgan fingerprint density at radius 3 is 3.05 bits per heavy atom. The lowest BCUT2D eigenvalue weighted by molar-refractivity contribution is -0.388. The van der Waals surface area contributed by atoms with Gasteiger partial charge in [-0.05, 0) is 19.1 Å². The van der Waals surface area contributed by atoms with Gasteiger partial charge in [-0.3, -0.25) is 10.1 Å². The quantitative estimate of drug-likeness (QED) is 0.662. The van der Waals surface area contributed by atoms with E-state index in [2.05, 4.69) is 5.32 Å². The molecule has 19 heavy (non-hydrogen) atoms. The maximum Gasteiger partial charge on any atom is 0.346 e. The van der Waals surface area contributed by atoms with E-state index in [1.807, 2.05) is 6.92 Å². The fourth-order valence-electron chi connectivity index (χ4n) is 1.94. The van der Waals surface area contributed by atoms with Crippen LogP contribution in [-0.4, -0.2) is 36.8 Å². The number of benzene rings is 1. The van der Waals surface area contributed by atoms with Gasteiger partial charge in [-0.25, -0.2) is 0 Å². The van der Waals surface area contributed by atoms with E-state index in [9.17, 15) is 14.5 Å². The number of ether oxygens (including phenoxy) is 2. The maximum absolute atomic E-state index is 13.4. The van der Waals surface area contributed by atoms with Crippen molar-refractivity contribution in [1.82, 2.24) is 5.32 Å². The molecule has 7 heteroatoms. The highest BCUT2D eigenvalue weighted by atomic mass is 19.1. The molecule has 104 valence electrons. The molecule has 1 N–H and O–H groups in total. The van der Waals surface area contributed by atoms with Crippen molar-refractivity contribution in [3.05, 3.63) is 34.1 Å². The maximum atomic E-state index is 13.4. The van der Waals surface area contributed by atoms with Gasteiger partial charge in [0, 0.05) is 13.1 Å². The highest BCUT2D eigenvalue weighted by molar-refractivity contribution is 5.47. The van der Waals surface area contributed by atoms with Gasteiger partial charge in [-0.15, -0.1) is 0 Å². The van der Waals surface area contributed by atoms with Crippen molar-refractivity contribution in [3.8, 4) is 5.75 Å². The minimum atomic E-state index is -0.904. The number of hydrogen-bond acceptors (Lipinski definition) is 5. The van der Waals surface area contributed by atoms with Crippen LogP contribution in [0.15, 0.2) is 18.2 Å². The molecular weight excluding hydrogens is 255 g/mol. The third-order valence-corrected chi connectivity index (χ3v) is 2.79. The minimum absolute atomic E-state index is 0.0600. The summed E-state index contributed by atoms with van der Waals surface area (Å²) in [5, 5.41) is 13.9. The first-order chi connectivity index (χ1) is 9.08. The largest absolute Gasteiger partial charge is 0.484 e. The Bertz CT molecular complexity index is 469. The predicted molar refractivity (Wildman–Crippen MR) is 65.8 cm³/mol. The highest BCUT2D eigenvalue weighted by Gasteiger charge is 2.24. The first-order valence-corrected chi connectivity index (χ1v) is 6.00. The third-order valence-electron chi connectivity index (χ3n) is 2.79. The van der Waals surface area contributed by atoms with E-state index in [1.54, 1.807) is 0 Å². The Balaban J connectivity index is 2.03. The molecule has 2 rings (SSSR count). The van der Waals surface area contributed by atoms with Gasteiger partial charge >= 0.3 is 5.69 Å². The average Bonchev–Trinajstić information content (AvgIpc) is 2.36. The number of rotatable bonds is 4. The second kappa shape index (κ2) is 5.94. The number of para-hydroxylation sites is 1. The summed E-state index contributed by atoms with van der Waals surface area (Å²) in [6.07, 6.45) is -0.142. The number of nitrogens with zero attached hydrogens (tertiary/aromatic N) is 1. The molecule has 1 aromatic carbocycles. The van der Waals surface area contributed by atoms with Crippen LogP contribution in [-0.2, 0) is 4.74 Å². The Hall–Kier alpha value is -1.73. The standard InChI is InChI=1S/C12H15FN2O4/c1-8-5-14-6-9(19-8)7-18-11-4-2-3-10(13)12(11)15(16)17/h2-4,8-9,14H,5-7H2,1H3. The van der Waals surface area contributed by atoms with Crippen LogP contribution < -0.4 is 10.1 Å². The monoisotopic (exact) mass is 270 g/mol. The second-order valence-corrected chi connectivity index (χ2v) is 4.38. The smallest absolute Gasteiger partial charge is 0.346 e. The van der Waals surface area contributed by atoms with Crippen LogP contribution in [0.4, 0.5) is 10.1 Å². The fourth-order valence-corrected chi connectivity index (χ4v) is 1.94. The molecule has 6 nitrogen and oxygen atoms in total. The third kappa shape index (κ3) is 3.39. The van der Waals surface area contributed by atoms with E-state index in [-0.39, 0.29) is 24.6 Å². The second-order valence-electron chi connectivity index (χ2n) is 4.38. The summed E-state index contributed by atoms with van der Waals surface area (Å²) in [4.78, 5) is 10.0. The summed E-state index contributed by atoms with van der Waals surface area (Å²) >= 11 is 0. The van der Waals surface area contributed by atoms with Crippen LogP contribution in [0.5, 0.6) is 5.75 Å². The van der Waals surface area contributed by atoms with Gasteiger partial charge < -0.3 is 14.8 Å². The molecule has 0 aliphatic carbocycles. The topological polar surface area (TPSA) is 73.6 Å². The van der Waals surface area contributed by atoms with Crippen LogP contribution in [0.1, 0.15) is 6.92 Å². The molecule has 1 aliphatic heterocycles. The fraction of sp³-hybridized carbons (Fsp3) is 0.500. The summed E-state index contributed by atoms with van der Waals surface area (Å²) in [6.45, 7) is 3.43. The molecule has 0 bridgehead atoms. The van der Waals surface area contributed by atoms with Gasteiger partial charge in [0.25, 0.3) is 0 Å². The molecule has 0 aromatic heterocycles. The predicted octanol–water partition coefficient (Wildman–Crippen LogP) is 1.49. The molecule has 1 aromatic rings. The van der Waals surface area contributed by atoms with Gasteiger partial charge in [0.15, 0.2) is 5.75 Å². The zero-order chi connectivity index (χ0) is 13.8. The molecular formula is C12H15FN2O4. The van der Waals surface area contributed by atoms with Gasteiger partial charge in [0.05, 0.1) is 11.0 Å². The molecule has 1 heterocycles. The van der Waals surface area contributed by atoms with E-state index in [1.165, 1.54) is 12.1 Å². The number of nitro benzene ring substituents is 1. The van der Waals surface area contributed by atoms with Crippen LogP contribution in [0.3, 0.4) is 0 Å². The van der Waals surface area contributed by atoms with E-state index in [0.29, 0.717) is 6.54 Å². The van der Waals surface area contributed by atoms with Gasteiger partial charge in [-0.1, -0.05) is 6.07 Å². The summed E-state index contributed by atoms with van der Waals surface area (Å²) in [7, 11) is 0. The molecule has 2 atom stereocenters. The Morgan fingerprint density at radius 1 is 1.58 bits per heavy atom. The number of hydrogen-bond donors (Lipinski definition) is 1. The van der Waals surface area contributed by atoms with E-state index >= 15 is 0 Å². The minimum Gasteiger partial charge on any atom is -0.484 e. The summed E-state index contributed by atoms with van der Waals surface area (Å²) in [5.74, 6) is -0.981. The SMILES string of the molecule is CC1CNCC(COc2cccc(F)c2[N+](=O)[O-])O1. The summed E-state index contributed by atoms with van der Waals surface area (Å²) < 4.78 is 24.3. The Labute approximate surface area is 109 Å². The molecule has 0 radical (unpaired) electrons. The zero-order valence-corrected chi connectivity index (χ0v) is 10.5. The number of morpholine rings is 1. The van der Waals surface area contributed by atoms with Crippen LogP contribution >= 0.6 is 0 Å².